The van der Waals surface area contributed by atoms with Gasteiger partial charge in [-0.15, -0.1) is 0 Å². The van der Waals surface area contributed by atoms with Gasteiger partial charge >= 0.3 is 13.8 Å². The molecule has 0 saturated heterocycles. The number of aliphatic carboxylic acids is 1. The lowest BCUT2D eigenvalue weighted by Crippen LogP contribution is -2.34. The molecule has 0 aliphatic carbocycles. The number of rotatable bonds is 16. The summed E-state index contributed by atoms with van der Waals surface area (Å²) in [6, 6.07) is -1.34. The second-order valence-electron chi connectivity index (χ2n) is 5.72. The van der Waals surface area contributed by atoms with Crippen LogP contribution in [-0.4, -0.2) is 35.2 Å². The summed E-state index contributed by atoms with van der Waals surface area (Å²) in [5.41, 5.74) is 5.17. The van der Waals surface area contributed by atoms with E-state index in [1.165, 1.54) is 44.9 Å². The van der Waals surface area contributed by atoms with Crippen LogP contribution in [0.2, 0.25) is 0 Å². The van der Waals surface area contributed by atoms with Gasteiger partial charge in [-0.3, -0.25) is 13.8 Å². The molecule has 0 fully saturated rings. The molecule has 138 valence electrons. The zero-order valence-electron chi connectivity index (χ0n) is 14.1. The van der Waals surface area contributed by atoms with Crippen LogP contribution in [0.1, 0.15) is 71.1 Å². The molecular formula is C15H32NO6P. The lowest BCUT2D eigenvalue weighted by atomic mass is 10.1. The standard InChI is InChI=1S/C15H32NO6P/c1-2-3-4-5-6-7-8-9-10-11-12-21-23(19,20)22-13-14(16)15(17)18/h14H,2-13,16H2,1H3,(H,17,18)(H,19,20)/t14-/m0/s1. The lowest BCUT2D eigenvalue weighted by Gasteiger charge is -2.13. The van der Waals surface area contributed by atoms with Crippen molar-refractivity contribution >= 4 is 13.8 Å². The van der Waals surface area contributed by atoms with E-state index in [1.54, 1.807) is 0 Å². The highest BCUT2D eigenvalue weighted by molar-refractivity contribution is 7.47. The lowest BCUT2D eigenvalue weighted by molar-refractivity contribution is -0.139. The highest BCUT2D eigenvalue weighted by Gasteiger charge is 2.24. The fraction of sp³-hybridized carbons (Fsp3) is 0.933. The molecule has 0 radical (unpaired) electrons. The number of phosphoric ester groups is 1. The van der Waals surface area contributed by atoms with E-state index in [1.807, 2.05) is 0 Å². The van der Waals surface area contributed by atoms with Crippen LogP contribution < -0.4 is 5.73 Å². The van der Waals surface area contributed by atoms with Gasteiger partial charge in [-0.1, -0.05) is 64.7 Å². The Morgan fingerprint density at radius 3 is 1.96 bits per heavy atom. The van der Waals surface area contributed by atoms with Crippen molar-refractivity contribution in [3.05, 3.63) is 0 Å². The summed E-state index contributed by atoms with van der Waals surface area (Å²) >= 11 is 0. The van der Waals surface area contributed by atoms with Gasteiger partial charge < -0.3 is 15.7 Å². The van der Waals surface area contributed by atoms with Gasteiger partial charge in [-0.2, -0.15) is 0 Å². The van der Waals surface area contributed by atoms with Crippen LogP contribution in [0.4, 0.5) is 0 Å². The molecule has 0 aromatic heterocycles. The Balaban J connectivity index is 3.45. The SMILES string of the molecule is CCCCCCCCCCCCOP(=O)(O)OC[C@H](N)C(=O)O. The molecule has 0 aromatic carbocycles. The number of carboxylic acid groups (broad SMARTS) is 1. The summed E-state index contributed by atoms with van der Waals surface area (Å²) in [6.45, 7) is 1.77. The van der Waals surface area contributed by atoms with E-state index in [0.29, 0.717) is 6.42 Å². The minimum absolute atomic E-state index is 0.118. The third-order valence-electron chi connectivity index (χ3n) is 3.49. The van der Waals surface area contributed by atoms with Crippen LogP contribution in [0, 0.1) is 0 Å². The van der Waals surface area contributed by atoms with E-state index in [9.17, 15) is 14.3 Å². The normalized spacial score (nSPS) is 15.3. The van der Waals surface area contributed by atoms with E-state index in [0.717, 1.165) is 12.8 Å². The molecular weight excluding hydrogens is 321 g/mol. The Labute approximate surface area is 139 Å². The number of phosphoric acid groups is 1. The number of carboxylic acids is 1. The Bertz CT molecular complexity index is 353. The van der Waals surface area contributed by atoms with Crippen LogP contribution in [0.5, 0.6) is 0 Å². The Hall–Kier alpha value is -0.460. The second kappa shape index (κ2) is 13.9. The molecule has 0 bridgehead atoms. The maximum absolute atomic E-state index is 11.5. The second-order valence-corrected chi connectivity index (χ2v) is 7.18. The fourth-order valence-corrected chi connectivity index (χ4v) is 2.84. The highest BCUT2D eigenvalue weighted by atomic mass is 31.2. The first-order chi connectivity index (χ1) is 10.9. The quantitative estimate of drug-likeness (QED) is 0.287. The van der Waals surface area contributed by atoms with Gasteiger partial charge in [0.2, 0.25) is 0 Å². The van der Waals surface area contributed by atoms with Crippen molar-refractivity contribution in [2.45, 2.75) is 77.2 Å². The predicted octanol–water partition coefficient (Wildman–Crippen LogP) is 3.45. The minimum Gasteiger partial charge on any atom is -0.480 e. The van der Waals surface area contributed by atoms with Gasteiger partial charge in [0.25, 0.3) is 0 Å². The van der Waals surface area contributed by atoms with Crippen molar-refractivity contribution in [3.63, 3.8) is 0 Å². The number of nitrogens with two attached hydrogens (primary N) is 1. The molecule has 2 atom stereocenters. The van der Waals surface area contributed by atoms with Crippen LogP contribution >= 0.6 is 7.82 Å². The van der Waals surface area contributed by atoms with Crippen LogP contribution in [0.15, 0.2) is 0 Å². The van der Waals surface area contributed by atoms with Crippen molar-refractivity contribution in [1.29, 1.82) is 0 Å². The van der Waals surface area contributed by atoms with Crippen LogP contribution in [0.3, 0.4) is 0 Å². The molecule has 0 aliphatic rings. The topological polar surface area (TPSA) is 119 Å². The number of unbranched alkanes of at least 4 members (excludes halogenated alkanes) is 9. The molecule has 0 aliphatic heterocycles. The van der Waals surface area contributed by atoms with Crippen molar-refractivity contribution in [1.82, 2.24) is 0 Å². The molecule has 7 nitrogen and oxygen atoms in total. The van der Waals surface area contributed by atoms with E-state index in [2.05, 4.69) is 11.4 Å². The molecule has 0 aromatic rings. The van der Waals surface area contributed by atoms with Crippen molar-refractivity contribution < 1.29 is 28.4 Å². The average molecular weight is 353 g/mol. The summed E-state index contributed by atoms with van der Waals surface area (Å²) in [6.07, 6.45) is 11.6. The summed E-state index contributed by atoms with van der Waals surface area (Å²) in [5.74, 6) is -1.29. The number of hydrogen-bond acceptors (Lipinski definition) is 5. The Kier molecular flexibility index (Phi) is 13.7. The minimum atomic E-state index is -4.21. The van der Waals surface area contributed by atoms with E-state index in [4.69, 9.17) is 15.4 Å². The molecule has 0 amide bonds. The summed E-state index contributed by atoms with van der Waals surface area (Å²) in [4.78, 5) is 19.8. The van der Waals surface area contributed by atoms with Gasteiger partial charge in [0.1, 0.15) is 6.04 Å². The van der Waals surface area contributed by atoms with Gasteiger partial charge in [-0.05, 0) is 6.42 Å². The van der Waals surface area contributed by atoms with Crippen LogP contribution in [0.25, 0.3) is 0 Å². The molecule has 4 N–H and O–H groups in total. The molecule has 1 unspecified atom stereocenters. The zero-order chi connectivity index (χ0) is 17.6. The highest BCUT2D eigenvalue weighted by Crippen LogP contribution is 2.43. The molecule has 0 rings (SSSR count). The Morgan fingerprint density at radius 2 is 1.48 bits per heavy atom. The smallest absolute Gasteiger partial charge is 0.472 e. The number of hydrogen-bond donors (Lipinski definition) is 3. The van der Waals surface area contributed by atoms with Crippen molar-refractivity contribution in [2.75, 3.05) is 13.2 Å². The van der Waals surface area contributed by atoms with E-state index >= 15 is 0 Å². The third-order valence-corrected chi connectivity index (χ3v) is 4.47. The first-order valence-corrected chi connectivity index (χ1v) is 9.99. The summed E-state index contributed by atoms with van der Waals surface area (Å²) in [7, 11) is -4.21. The zero-order valence-corrected chi connectivity index (χ0v) is 15.0. The maximum Gasteiger partial charge on any atom is 0.472 e. The van der Waals surface area contributed by atoms with Gasteiger partial charge in [0.15, 0.2) is 0 Å². The van der Waals surface area contributed by atoms with Gasteiger partial charge in [0.05, 0.1) is 13.2 Å². The first-order valence-electron chi connectivity index (χ1n) is 8.49. The summed E-state index contributed by atoms with van der Waals surface area (Å²) < 4.78 is 20.8. The van der Waals surface area contributed by atoms with E-state index in [-0.39, 0.29) is 6.61 Å². The fourth-order valence-electron chi connectivity index (χ4n) is 2.05. The third kappa shape index (κ3) is 14.8. The molecule has 8 heteroatoms. The van der Waals surface area contributed by atoms with Gasteiger partial charge in [0, 0.05) is 0 Å². The largest absolute Gasteiger partial charge is 0.480 e. The van der Waals surface area contributed by atoms with Crippen molar-refractivity contribution in [3.8, 4) is 0 Å². The van der Waals surface area contributed by atoms with Crippen molar-refractivity contribution in [2.24, 2.45) is 5.73 Å². The molecule has 0 heterocycles. The molecule has 0 saturated carbocycles. The Morgan fingerprint density at radius 1 is 1.00 bits per heavy atom. The monoisotopic (exact) mass is 353 g/mol. The predicted molar refractivity (Wildman–Crippen MR) is 89.2 cm³/mol. The summed E-state index contributed by atoms with van der Waals surface area (Å²) in [5, 5.41) is 8.54. The van der Waals surface area contributed by atoms with Crippen LogP contribution in [-0.2, 0) is 18.4 Å². The average Bonchev–Trinajstić information content (AvgIpc) is 2.50. The van der Waals surface area contributed by atoms with Gasteiger partial charge in [-0.25, -0.2) is 4.57 Å². The number of carbonyl (C=O) groups is 1. The molecule has 0 spiro atoms. The molecule has 23 heavy (non-hydrogen) atoms. The first kappa shape index (κ1) is 22.5. The maximum atomic E-state index is 11.5. The van der Waals surface area contributed by atoms with E-state index < -0.39 is 26.4 Å².